The third-order valence-electron chi connectivity index (χ3n) is 9.36. The predicted octanol–water partition coefficient (Wildman–Crippen LogP) is 7.75. The van der Waals surface area contributed by atoms with Crippen LogP contribution >= 0.6 is 11.6 Å². The molecule has 3 aromatic heterocycles. The molecule has 6 aromatic rings. The average molecular weight is 726 g/mol. The van der Waals surface area contributed by atoms with E-state index in [1.54, 1.807) is 31.2 Å². The highest BCUT2D eigenvalue weighted by molar-refractivity contribution is 6.30. The number of anilines is 1. The van der Waals surface area contributed by atoms with E-state index in [2.05, 4.69) is 54.2 Å². The van der Waals surface area contributed by atoms with Gasteiger partial charge in [0.05, 0.1) is 35.9 Å². The Morgan fingerprint density at radius 1 is 1.10 bits per heavy atom. The monoisotopic (exact) mass is 725 g/mol. The highest BCUT2D eigenvalue weighted by Crippen LogP contribution is 2.27. The van der Waals surface area contributed by atoms with Crippen LogP contribution in [-0.4, -0.2) is 68.8 Å². The number of pyridine rings is 1. The number of hydrogen-bond acceptors (Lipinski definition) is 8. The van der Waals surface area contributed by atoms with Crippen molar-refractivity contribution in [2.24, 2.45) is 0 Å². The molecule has 5 heterocycles. The molecular formula is C39H38ClF2N7O3. The van der Waals surface area contributed by atoms with Gasteiger partial charge in [0.15, 0.2) is 5.82 Å². The van der Waals surface area contributed by atoms with E-state index >= 15 is 0 Å². The molecule has 0 aliphatic carbocycles. The van der Waals surface area contributed by atoms with Gasteiger partial charge in [-0.25, -0.2) is 18.7 Å². The molecule has 0 bridgehead atoms. The number of aldehydes is 1. The summed E-state index contributed by atoms with van der Waals surface area (Å²) in [5.41, 5.74) is 7.09. The van der Waals surface area contributed by atoms with Crippen molar-refractivity contribution in [3.63, 3.8) is 0 Å². The second kappa shape index (κ2) is 15.6. The van der Waals surface area contributed by atoms with Crippen LogP contribution in [0.2, 0.25) is 5.02 Å². The molecule has 2 aliphatic heterocycles. The number of carbonyl (C=O) groups excluding carboxylic acids is 1. The molecule has 2 aliphatic rings. The number of fused-ring (bicyclic) bond motifs is 2. The van der Waals surface area contributed by atoms with Crippen LogP contribution < -0.4 is 10.1 Å². The Bertz CT molecular complexity index is 2270. The van der Waals surface area contributed by atoms with Gasteiger partial charge in [-0.2, -0.15) is 5.10 Å². The fourth-order valence-electron chi connectivity index (χ4n) is 6.33. The first-order valence-corrected chi connectivity index (χ1v) is 17.5. The first kappa shape index (κ1) is 35.2. The largest absolute Gasteiger partial charge is 0.473 e. The summed E-state index contributed by atoms with van der Waals surface area (Å²) in [6, 6.07) is 19.4. The zero-order chi connectivity index (χ0) is 36.2. The third-order valence-corrected chi connectivity index (χ3v) is 9.59. The molecule has 0 spiro atoms. The molecule has 1 saturated heterocycles. The van der Waals surface area contributed by atoms with Crippen LogP contribution in [0.25, 0.3) is 27.5 Å². The summed E-state index contributed by atoms with van der Waals surface area (Å²) in [5.74, 6) is 0.681. The summed E-state index contributed by atoms with van der Waals surface area (Å²) >= 11 is 5.85. The lowest BCUT2D eigenvalue weighted by atomic mass is 10.0. The van der Waals surface area contributed by atoms with E-state index in [9.17, 15) is 13.6 Å². The van der Waals surface area contributed by atoms with E-state index in [1.807, 2.05) is 19.2 Å². The number of nitrogens with zero attached hydrogens (tertiary/aromatic N) is 5. The van der Waals surface area contributed by atoms with Gasteiger partial charge in [-0.3, -0.25) is 14.8 Å². The summed E-state index contributed by atoms with van der Waals surface area (Å²) in [6.45, 7) is 6.02. The number of aryl methyl sites for hydroxylation is 1. The summed E-state index contributed by atoms with van der Waals surface area (Å²) < 4.78 is 41.2. The summed E-state index contributed by atoms with van der Waals surface area (Å²) in [6.07, 6.45) is 5.08. The van der Waals surface area contributed by atoms with Crippen LogP contribution in [0.5, 0.6) is 5.88 Å². The van der Waals surface area contributed by atoms with Gasteiger partial charge >= 0.3 is 0 Å². The molecule has 3 aromatic carbocycles. The predicted molar refractivity (Wildman–Crippen MR) is 198 cm³/mol. The van der Waals surface area contributed by atoms with Crippen LogP contribution in [0.4, 0.5) is 14.5 Å². The van der Waals surface area contributed by atoms with Gasteiger partial charge in [0.2, 0.25) is 5.88 Å². The minimum atomic E-state index is -0.469. The number of hydrogen-bond donors (Lipinski definition) is 2. The van der Waals surface area contributed by atoms with Gasteiger partial charge in [0.1, 0.15) is 30.1 Å². The standard InChI is InChI=1S/C30H31ClFN5O2.C9H7FN2O/c1-33-23-7-8-28-27(16-23)34-29(37(28)17-24-11-14-38-24)18-36-12-9-20(10-13-36)26-3-2-4-30(35-26)39-19-21-5-6-22(31)15-25(21)32;1-5-7-2-6(4-13)3-8(10)9(7)12-11-5/h2-9,15-16,24,33H,10-14,17-19H2,1H3;2-4H,1H3,(H,11,12). The van der Waals surface area contributed by atoms with Crippen molar-refractivity contribution in [1.82, 2.24) is 29.6 Å². The maximum Gasteiger partial charge on any atom is 0.214 e. The zero-order valence-corrected chi connectivity index (χ0v) is 29.6. The van der Waals surface area contributed by atoms with Crippen LogP contribution in [0, 0.1) is 18.6 Å². The van der Waals surface area contributed by atoms with Crippen LogP contribution in [-0.2, 0) is 24.4 Å². The van der Waals surface area contributed by atoms with E-state index < -0.39 is 5.82 Å². The first-order chi connectivity index (χ1) is 25.3. The van der Waals surface area contributed by atoms with E-state index in [0.29, 0.717) is 33.7 Å². The number of halogens is 3. The quantitative estimate of drug-likeness (QED) is 0.138. The van der Waals surface area contributed by atoms with Gasteiger partial charge in [-0.05, 0) is 73.9 Å². The Morgan fingerprint density at radius 2 is 1.96 bits per heavy atom. The number of benzene rings is 3. The molecule has 52 heavy (non-hydrogen) atoms. The van der Waals surface area contributed by atoms with Crippen molar-refractivity contribution in [2.75, 3.05) is 32.1 Å². The maximum atomic E-state index is 14.1. The number of imidazole rings is 1. The van der Waals surface area contributed by atoms with Crippen molar-refractivity contribution in [3.8, 4) is 5.88 Å². The maximum absolute atomic E-state index is 14.1. The molecule has 1 unspecified atom stereocenters. The number of ether oxygens (including phenoxy) is 2. The lowest BCUT2D eigenvalue weighted by Crippen LogP contribution is -2.33. The number of H-pyrrole nitrogens is 1. The molecule has 0 amide bonds. The Kier molecular flexibility index (Phi) is 10.6. The number of aromatic amines is 1. The molecule has 13 heteroatoms. The van der Waals surface area contributed by atoms with Gasteiger partial charge in [-0.1, -0.05) is 29.8 Å². The Hall–Kier alpha value is -5.17. The Balaban J connectivity index is 0.000000271. The molecule has 268 valence electrons. The van der Waals surface area contributed by atoms with Crippen molar-refractivity contribution in [3.05, 3.63) is 118 Å². The van der Waals surface area contributed by atoms with Gasteiger partial charge in [-0.15, -0.1) is 0 Å². The van der Waals surface area contributed by atoms with Crippen LogP contribution in [0.15, 0.2) is 72.8 Å². The lowest BCUT2D eigenvalue weighted by molar-refractivity contribution is -0.0591. The van der Waals surface area contributed by atoms with Crippen molar-refractivity contribution in [1.29, 1.82) is 0 Å². The SMILES string of the molecule is CNc1ccc2c(c1)nc(CN1CC=C(c3cccc(OCc4ccc(Cl)cc4F)n3)CC1)n2CC1CCO1.Cc1[nH]nc2c(F)cc(C=O)cc12. The fourth-order valence-corrected chi connectivity index (χ4v) is 6.49. The molecule has 10 nitrogen and oxygen atoms in total. The van der Waals surface area contributed by atoms with Gasteiger partial charge in [0.25, 0.3) is 0 Å². The Labute approximate surface area is 304 Å². The van der Waals surface area contributed by atoms with E-state index in [-0.39, 0.29) is 24.0 Å². The van der Waals surface area contributed by atoms with Gasteiger partial charge < -0.3 is 19.4 Å². The molecule has 2 N–H and O–H groups in total. The smallest absolute Gasteiger partial charge is 0.214 e. The normalized spacial score (nSPS) is 15.9. The van der Waals surface area contributed by atoms with E-state index in [1.165, 1.54) is 17.7 Å². The van der Waals surface area contributed by atoms with Crippen molar-refractivity contribution < 1.29 is 23.0 Å². The van der Waals surface area contributed by atoms with Gasteiger partial charge in [0, 0.05) is 65.7 Å². The van der Waals surface area contributed by atoms with Crippen LogP contribution in [0.3, 0.4) is 0 Å². The zero-order valence-electron chi connectivity index (χ0n) is 28.8. The highest BCUT2D eigenvalue weighted by atomic mass is 35.5. The minimum absolute atomic E-state index is 0.0923. The molecule has 1 fully saturated rings. The van der Waals surface area contributed by atoms with Crippen molar-refractivity contribution in [2.45, 2.75) is 45.6 Å². The van der Waals surface area contributed by atoms with Crippen molar-refractivity contribution >= 4 is 51.1 Å². The van der Waals surface area contributed by atoms with E-state index in [0.717, 1.165) is 79.6 Å². The second-order valence-corrected chi connectivity index (χ2v) is 13.3. The molecule has 1 atom stereocenters. The molecule has 8 rings (SSSR count). The van der Waals surface area contributed by atoms with Crippen LogP contribution in [0.1, 0.15) is 46.0 Å². The fraction of sp³-hybridized carbons (Fsp3) is 0.282. The summed E-state index contributed by atoms with van der Waals surface area (Å²) in [5, 5.41) is 10.7. The summed E-state index contributed by atoms with van der Waals surface area (Å²) in [7, 11) is 1.93. The number of aromatic nitrogens is 5. The first-order valence-electron chi connectivity index (χ1n) is 17.1. The van der Waals surface area contributed by atoms with E-state index in [4.69, 9.17) is 26.1 Å². The highest BCUT2D eigenvalue weighted by Gasteiger charge is 2.24. The number of nitrogens with one attached hydrogen (secondary N) is 2. The number of rotatable bonds is 10. The second-order valence-electron chi connectivity index (χ2n) is 12.8. The Morgan fingerprint density at radius 3 is 2.69 bits per heavy atom. The molecule has 0 saturated carbocycles. The molecular weight excluding hydrogens is 688 g/mol. The number of carbonyl (C=O) groups is 1. The lowest BCUT2D eigenvalue weighted by Gasteiger charge is -2.29. The topological polar surface area (TPSA) is 110 Å². The molecule has 0 radical (unpaired) electrons. The average Bonchev–Trinajstić information content (AvgIpc) is 3.68. The summed E-state index contributed by atoms with van der Waals surface area (Å²) in [4.78, 5) is 22.5. The third kappa shape index (κ3) is 7.84. The minimum Gasteiger partial charge on any atom is -0.473 e.